The summed E-state index contributed by atoms with van der Waals surface area (Å²) in [5, 5.41) is 0.761. The van der Waals surface area contributed by atoms with E-state index in [2.05, 4.69) is 0 Å². The second kappa shape index (κ2) is 7.45. The Labute approximate surface area is 167 Å². The number of rotatable bonds is 4. The van der Waals surface area contributed by atoms with E-state index in [9.17, 15) is 21.4 Å². The third-order valence-corrected chi connectivity index (χ3v) is 5.38. The molecule has 0 radical (unpaired) electrons. The van der Waals surface area contributed by atoms with Crippen molar-refractivity contribution in [2.75, 3.05) is 0 Å². The van der Waals surface area contributed by atoms with Gasteiger partial charge >= 0.3 is 39.7 Å². The van der Waals surface area contributed by atoms with Crippen LogP contribution in [0.2, 0.25) is 0 Å². The van der Waals surface area contributed by atoms with Crippen molar-refractivity contribution in [1.82, 2.24) is 0 Å². The number of hydrogen-bond acceptors (Lipinski definition) is 6. The average Bonchev–Trinajstić information content (AvgIpc) is 2.54. The molecule has 0 fully saturated rings. The summed E-state index contributed by atoms with van der Waals surface area (Å²) in [5.41, 5.74) is 0. The van der Waals surface area contributed by atoms with E-state index in [1.807, 2.05) is 0 Å². The molecular formula is C16H11NaO6S2. The first-order valence-corrected chi connectivity index (χ1v) is 9.57. The molecule has 0 spiro atoms. The maximum absolute atomic E-state index is 12.4. The molecule has 0 amide bonds. The van der Waals surface area contributed by atoms with Crippen molar-refractivity contribution in [3.05, 3.63) is 66.7 Å². The van der Waals surface area contributed by atoms with Gasteiger partial charge in [0.05, 0.1) is 4.90 Å². The van der Waals surface area contributed by atoms with Crippen LogP contribution >= 0.6 is 0 Å². The van der Waals surface area contributed by atoms with Crippen LogP contribution in [0.3, 0.4) is 0 Å². The summed E-state index contributed by atoms with van der Waals surface area (Å²) < 4.78 is 63.7. The molecule has 0 atom stereocenters. The van der Waals surface area contributed by atoms with Crippen molar-refractivity contribution in [3.63, 3.8) is 0 Å². The fourth-order valence-electron chi connectivity index (χ4n) is 2.22. The molecule has 0 saturated carbocycles. The largest absolute Gasteiger partial charge is 1.00 e. The van der Waals surface area contributed by atoms with Gasteiger partial charge in [-0.15, -0.1) is 0 Å². The zero-order chi connectivity index (χ0) is 17.4. The van der Waals surface area contributed by atoms with Crippen LogP contribution in [0.25, 0.3) is 10.8 Å². The Morgan fingerprint density at radius 3 is 2.00 bits per heavy atom. The summed E-state index contributed by atoms with van der Waals surface area (Å²) in [4.78, 5) is -0.635. The summed E-state index contributed by atoms with van der Waals surface area (Å²) in [6, 6.07) is 16.0. The summed E-state index contributed by atoms with van der Waals surface area (Å²) in [5.74, 6) is -0.216. The first-order valence-electron chi connectivity index (χ1n) is 6.76. The number of benzene rings is 3. The van der Waals surface area contributed by atoms with Gasteiger partial charge in [-0.2, -0.15) is 8.42 Å². The van der Waals surface area contributed by atoms with Crippen LogP contribution < -0.4 is 33.7 Å². The van der Waals surface area contributed by atoms with Gasteiger partial charge in [0.25, 0.3) is 0 Å². The minimum absolute atomic E-state index is 0. The van der Waals surface area contributed by atoms with Crippen molar-refractivity contribution in [2.24, 2.45) is 0 Å². The molecule has 0 aromatic heterocycles. The minimum atomic E-state index is -4.76. The van der Waals surface area contributed by atoms with E-state index in [1.54, 1.807) is 30.3 Å². The Kier molecular flexibility index (Phi) is 5.93. The van der Waals surface area contributed by atoms with Gasteiger partial charge in [-0.05, 0) is 23.6 Å². The smallest absolute Gasteiger partial charge is 0.744 e. The zero-order valence-corrected chi connectivity index (χ0v) is 16.7. The molecule has 124 valence electrons. The van der Waals surface area contributed by atoms with Crippen LogP contribution in [0.1, 0.15) is 0 Å². The second-order valence-electron chi connectivity index (χ2n) is 4.95. The third kappa shape index (κ3) is 4.41. The SMILES string of the molecule is O=S(=O)([O-])c1cc(OS(=O)(=O)c2ccccc2)c2ccccc2c1.[Na+]. The van der Waals surface area contributed by atoms with E-state index in [-0.39, 0.29) is 40.2 Å². The van der Waals surface area contributed by atoms with Crippen LogP contribution in [0.5, 0.6) is 5.75 Å². The van der Waals surface area contributed by atoms with Crippen molar-refractivity contribution in [2.45, 2.75) is 9.79 Å². The first-order chi connectivity index (χ1) is 11.3. The number of fused-ring (bicyclic) bond motifs is 1. The maximum Gasteiger partial charge on any atom is 1.00 e. The normalized spacial score (nSPS) is 11.7. The first kappa shape index (κ1) is 19.9. The van der Waals surface area contributed by atoms with Crippen molar-refractivity contribution in [3.8, 4) is 5.75 Å². The molecule has 3 rings (SSSR count). The molecule has 0 unspecified atom stereocenters. The Balaban J connectivity index is 0.00000225. The second-order valence-corrected chi connectivity index (χ2v) is 7.87. The molecule has 0 aliphatic heterocycles. The van der Waals surface area contributed by atoms with Gasteiger partial charge in [-0.3, -0.25) is 0 Å². The Hall–Kier alpha value is -1.42. The van der Waals surface area contributed by atoms with E-state index in [0.29, 0.717) is 10.8 Å². The molecule has 3 aromatic carbocycles. The van der Waals surface area contributed by atoms with Crippen LogP contribution in [0, 0.1) is 0 Å². The third-order valence-electron chi connectivity index (χ3n) is 3.32. The van der Waals surface area contributed by atoms with E-state index in [0.717, 1.165) is 6.07 Å². The molecule has 0 saturated heterocycles. The van der Waals surface area contributed by atoms with Gasteiger partial charge in [-0.25, -0.2) is 8.42 Å². The predicted octanol–water partition coefficient (Wildman–Crippen LogP) is -0.484. The Morgan fingerprint density at radius 1 is 0.760 bits per heavy atom. The van der Waals surface area contributed by atoms with Crippen molar-refractivity contribution >= 4 is 31.0 Å². The topological polar surface area (TPSA) is 101 Å². The molecular weight excluding hydrogens is 375 g/mol. The fraction of sp³-hybridized carbons (Fsp3) is 0. The van der Waals surface area contributed by atoms with Gasteiger partial charge < -0.3 is 8.74 Å². The van der Waals surface area contributed by atoms with Crippen molar-refractivity contribution in [1.29, 1.82) is 0 Å². The van der Waals surface area contributed by atoms with Gasteiger partial charge in [0.15, 0.2) is 5.75 Å². The molecule has 0 aliphatic rings. The van der Waals surface area contributed by atoms with Crippen molar-refractivity contribution < 1.29 is 55.1 Å². The standard InChI is InChI=1S/C16H12O6S2.Na/c17-23(18,19)14-10-12-6-4-5-9-15(12)16(11-14)22-24(20,21)13-7-2-1-3-8-13;/h1-11H,(H,17,18,19);/q;+1/p-1. The van der Waals surface area contributed by atoms with E-state index < -0.39 is 25.1 Å². The molecule has 6 nitrogen and oxygen atoms in total. The van der Waals surface area contributed by atoms with Gasteiger partial charge in [0, 0.05) is 11.5 Å². The van der Waals surface area contributed by atoms with E-state index in [1.165, 1.54) is 30.3 Å². The van der Waals surface area contributed by atoms with Gasteiger partial charge in [-0.1, -0.05) is 42.5 Å². The average molecular weight is 386 g/mol. The Morgan fingerprint density at radius 2 is 1.36 bits per heavy atom. The van der Waals surface area contributed by atoms with Gasteiger partial charge in [0.2, 0.25) is 0 Å². The van der Waals surface area contributed by atoms with Crippen LogP contribution in [0.4, 0.5) is 0 Å². The quantitative estimate of drug-likeness (QED) is 0.341. The minimum Gasteiger partial charge on any atom is -0.744 e. The molecule has 25 heavy (non-hydrogen) atoms. The monoisotopic (exact) mass is 386 g/mol. The zero-order valence-electron chi connectivity index (χ0n) is 13.1. The predicted molar refractivity (Wildman–Crippen MR) is 86.2 cm³/mol. The number of hydrogen-bond donors (Lipinski definition) is 0. The molecule has 0 bridgehead atoms. The maximum atomic E-state index is 12.4. The van der Waals surface area contributed by atoms with E-state index >= 15 is 0 Å². The summed E-state index contributed by atoms with van der Waals surface area (Å²) in [6.07, 6.45) is 0. The van der Waals surface area contributed by atoms with Crippen LogP contribution in [-0.2, 0) is 20.2 Å². The molecule has 0 N–H and O–H groups in total. The summed E-state index contributed by atoms with van der Waals surface area (Å²) in [7, 11) is -8.93. The molecule has 0 aliphatic carbocycles. The van der Waals surface area contributed by atoms with Gasteiger partial charge in [0.1, 0.15) is 15.0 Å². The summed E-state index contributed by atoms with van der Waals surface area (Å²) in [6.45, 7) is 0. The molecule has 3 aromatic rings. The van der Waals surface area contributed by atoms with Crippen LogP contribution in [0.15, 0.2) is 76.5 Å². The fourth-order valence-corrected chi connectivity index (χ4v) is 3.70. The molecule has 0 heterocycles. The molecule has 9 heteroatoms. The van der Waals surface area contributed by atoms with E-state index in [4.69, 9.17) is 4.18 Å². The van der Waals surface area contributed by atoms with Crippen LogP contribution in [-0.4, -0.2) is 21.4 Å². The Bertz CT molecular complexity index is 1110. The summed E-state index contributed by atoms with van der Waals surface area (Å²) >= 11 is 0.